The number of imide groups is 2. The maximum atomic E-state index is 12.6. The van der Waals surface area contributed by atoms with Crippen molar-refractivity contribution < 1.29 is 14.4 Å². The Morgan fingerprint density at radius 3 is 2.35 bits per heavy atom. The van der Waals surface area contributed by atoms with Crippen LogP contribution in [0.15, 0.2) is 28.7 Å². The molecule has 0 unspecified atom stereocenters. The fourth-order valence-corrected chi connectivity index (χ4v) is 3.67. The number of hydrogen-bond acceptors (Lipinski definition) is 3. The van der Waals surface area contributed by atoms with Gasteiger partial charge in [-0.15, -0.1) is 0 Å². The summed E-state index contributed by atoms with van der Waals surface area (Å²) in [5.74, 6) is -1.14. The highest BCUT2D eigenvalue weighted by Gasteiger charge is 2.48. The minimum absolute atomic E-state index is 0.133. The number of halogens is 1. The van der Waals surface area contributed by atoms with Crippen LogP contribution in [0.3, 0.4) is 0 Å². The molecule has 1 saturated heterocycles. The Bertz CT molecular complexity index is 644. The molecule has 23 heavy (non-hydrogen) atoms. The molecule has 0 radical (unpaired) electrons. The van der Waals surface area contributed by atoms with Crippen molar-refractivity contribution >= 4 is 33.8 Å². The molecule has 1 aliphatic carbocycles. The normalized spacial score (nSPS) is 25.4. The third-order valence-corrected chi connectivity index (χ3v) is 5.26. The Balaban J connectivity index is 1.80. The molecule has 1 aromatic carbocycles. The van der Waals surface area contributed by atoms with Crippen molar-refractivity contribution in [2.45, 2.75) is 45.2 Å². The fourth-order valence-electron chi connectivity index (χ4n) is 3.41. The quantitative estimate of drug-likeness (QED) is 0.598. The largest absolute Gasteiger partial charge is 0.334 e. The zero-order valence-electron chi connectivity index (χ0n) is 13.0. The highest BCUT2D eigenvalue weighted by Crippen LogP contribution is 2.31. The fraction of sp³-hybridized carbons (Fsp3) is 0.471. The van der Waals surface area contributed by atoms with Crippen LogP contribution in [0.1, 0.15) is 38.2 Å². The summed E-state index contributed by atoms with van der Waals surface area (Å²) >= 11 is 3.35. The van der Waals surface area contributed by atoms with E-state index in [4.69, 9.17) is 0 Å². The Labute approximate surface area is 143 Å². The van der Waals surface area contributed by atoms with Crippen LogP contribution in [-0.4, -0.2) is 33.7 Å². The zero-order chi connectivity index (χ0) is 16.6. The third-order valence-electron chi connectivity index (χ3n) is 4.74. The van der Waals surface area contributed by atoms with Crippen molar-refractivity contribution in [2.75, 3.05) is 0 Å². The molecule has 2 fully saturated rings. The van der Waals surface area contributed by atoms with Crippen LogP contribution in [-0.2, 0) is 16.1 Å². The minimum Gasteiger partial charge on any atom is -0.263 e. The smallest absolute Gasteiger partial charge is 0.263 e. The molecule has 0 aromatic heterocycles. The van der Waals surface area contributed by atoms with E-state index in [1.165, 1.54) is 4.90 Å². The summed E-state index contributed by atoms with van der Waals surface area (Å²) in [7, 11) is 0. The van der Waals surface area contributed by atoms with Gasteiger partial charge >= 0.3 is 17.8 Å². The molecule has 122 valence electrons. The highest BCUT2D eigenvalue weighted by molar-refractivity contribution is 9.10. The number of amides is 4. The Morgan fingerprint density at radius 2 is 1.70 bits per heavy atom. The van der Waals surface area contributed by atoms with E-state index >= 15 is 0 Å². The summed E-state index contributed by atoms with van der Waals surface area (Å²) in [5.41, 5.74) is 0.821. The molecule has 6 heteroatoms. The van der Waals surface area contributed by atoms with E-state index in [0.29, 0.717) is 0 Å². The first-order valence-corrected chi connectivity index (χ1v) is 8.72. The Kier molecular flexibility index (Phi) is 4.53. The van der Waals surface area contributed by atoms with Crippen LogP contribution >= 0.6 is 15.9 Å². The van der Waals surface area contributed by atoms with Gasteiger partial charge in [0.05, 0.1) is 6.54 Å². The van der Waals surface area contributed by atoms with E-state index in [1.807, 2.05) is 31.2 Å². The maximum absolute atomic E-state index is 12.6. The summed E-state index contributed by atoms with van der Waals surface area (Å²) in [6, 6.07) is 6.75. The Morgan fingerprint density at radius 1 is 1.04 bits per heavy atom. The van der Waals surface area contributed by atoms with Gasteiger partial charge in [0.2, 0.25) is 0 Å². The van der Waals surface area contributed by atoms with Gasteiger partial charge in [-0.2, -0.15) is 0 Å². The molecule has 1 aliphatic heterocycles. The molecular formula is C17H19BrN2O3. The molecule has 4 amide bonds. The molecule has 0 spiro atoms. The van der Waals surface area contributed by atoms with Crippen molar-refractivity contribution in [1.82, 2.24) is 9.80 Å². The zero-order valence-corrected chi connectivity index (χ0v) is 14.6. The molecular weight excluding hydrogens is 360 g/mol. The molecule has 5 nitrogen and oxygen atoms in total. The summed E-state index contributed by atoms with van der Waals surface area (Å²) in [6.07, 6.45) is 3.89. The number of carbonyl (C=O) groups excluding carboxylic acids is 3. The van der Waals surface area contributed by atoms with Crippen molar-refractivity contribution in [1.29, 1.82) is 0 Å². The first kappa shape index (κ1) is 16.2. The number of benzene rings is 1. The summed E-state index contributed by atoms with van der Waals surface area (Å²) in [5, 5.41) is 0. The molecule has 0 N–H and O–H groups in total. The second-order valence-electron chi connectivity index (χ2n) is 6.30. The van der Waals surface area contributed by atoms with Gasteiger partial charge in [0.1, 0.15) is 0 Å². The van der Waals surface area contributed by atoms with Gasteiger partial charge in [-0.1, -0.05) is 47.8 Å². The first-order chi connectivity index (χ1) is 11.0. The summed E-state index contributed by atoms with van der Waals surface area (Å²) < 4.78 is 0.925. The lowest BCUT2D eigenvalue weighted by atomic mass is 9.85. The lowest BCUT2D eigenvalue weighted by Crippen LogP contribution is -2.46. The minimum atomic E-state index is -0.712. The molecule has 1 heterocycles. The topological polar surface area (TPSA) is 57.7 Å². The standard InChI is InChI=1S/C17H19BrN2O3/c1-11-4-2-3-5-14(11)20-16(22)15(21)19(17(20)23)10-12-6-8-13(18)9-7-12/h6-9,11,14H,2-5,10H2,1H3/t11-,14-/m0/s1. The molecule has 3 rings (SSSR count). The SMILES string of the molecule is C[C@H]1CCCC[C@@H]1N1C(=O)C(=O)N(Cc2ccc(Br)cc2)C1=O. The van der Waals surface area contributed by atoms with E-state index in [-0.39, 0.29) is 18.5 Å². The average Bonchev–Trinajstić information content (AvgIpc) is 2.74. The second-order valence-corrected chi connectivity index (χ2v) is 7.22. The van der Waals surface area contributed by atoms with Gasteiger partial charge in [-0.05, 0) is 36.5 Å². The van der Waals surface area contributed by atoms with Crippen LogP contribution < -0.4 is 0 Å². The van der Waals surface area contributed by atoms with E-state index in [9.17, 15) is 14.4 Å². The van der Waals surface area contributed by atoms with Crippen molar-refractivity contribution in [3.8, 4) is 0 Å². The molecule has 1 saturated carbocycles. The van der Waals surface area contributed by atoms with Crippen molar-refractivity contribution in [2.24, 2.45) is 5.92 Å². The van der Waals surface area contributed by atoms with Crippen LogP contribution in [0.2, 0.25) is 0 Å². The number of hydrogen-bond donors (Lipinski definition) is 0. The maximum Gasteiger partial charge on any atom is 0.334 e. The number of carbonyl (C=O) groups is 3. The second kappa shape index (κ2) is 6.43. The predicted octanol–water partition coefficient (Wildman–Crippen LogP) is 3.32. The van der Waals surface area contributed by atoms with E-state index in [2.05, 4.69) is 15.9 Å². The van der Waals surface area contributed by atoms with Crippen LogP contribution in [0.25, 0.3) is 0 Å². The van der Waals surface area contributed by atoms with Crippen LogP contribution in [0.4, 0.5) is 4.79 Å². The van der Waals surface area contributed by atoms with Crippen LogP contribution in [0.5, 0.6) is 0 Å². The van der Waals surface area contributed by atoms with Gasteiger partial charge in [0, 0.05) is 10.5 Å². The highest BCUT2D eigenvalue weighted by atomic mass is 79.9. The Hall–Kier alpha value is -1.69. The first-order valence-electron chi connectivity index (χ1n) is 7.92. The molecule has 0 bridgehead atoms. The van der Waals surface area contributed by atoms with Gasteiger partial charge in [0.15, 0.2) is 0 Å². The van der Waals surface area contributed by atoms with E-state index in [0.717, 1.165) is 40.6 Å². The van der Waals surface area contributed by atoms with E-state index < -0.39 is 17.8 Å². The van der Waals surface area contributed by atoms with Gasteiger partial charge in [-0.25, -0.2) is 4.79 Å². The van der Waals surface area contributed by atoms with Crippen molar-refractivity contribution in [3.63, 3.8) is 0 Å². The van der Waals surface area contributed by atoms with Crippen molar-refractivity contribution in [3.05, 3.63) is 34.3 Å². The molecule has 2 aliphatic rings. The summed E-state index contributed by atoms with van der Waals surface area (Å²) in [4.78, 5) is 39.5. The van der Waals surface area contributed by atoms with Gasteiger partial charge in [0.25, 0.3) is 0 Å². The molecule has 2 atom stereocenters. The number of urea groups is 1. The lowest BCUT2D eigenvalue weighted by molar-refractivity contribution is -0.144. The van der Waals surface area contributed by atoms with Gasteiger partial charge in [-0.3, -0.25) is 19.4 Å². The average molecular weight is 379 g/mol. The lowest BCUT2D eigenvalue weighted by Gasteiger charge is -2.34. The summed E-state index contributed by atoms with van der Waals surface area (Å²) in [6.45, 7) is 2.18. The van der Waals surface area contributed by atoms with Crippen LogP contribution in [0, 0.1) is 5.92 Å². The molecule has 1 aromatic rings. The predicted molar refractivity (Wildman–Crippen MR) is 88.4 cm³/mol. The third kappa shape index (κ3) is 3.04. The number of nitrogens with zero attached hydrogens (tertiary/aromatic N) is 2. The monoisotopic (exact) mass is 378 g/mol. The van der Waals surface area contributed by atoms with Gasteiger partial charge < -0.3 is 0 Å². The number of rotatable bonds is 3. The van der Waals surface area contributed by atoms with E-state index in [1.54, 1.807) is 0 Å².